The predicted octanol–water partition coefficient (Wildman–Crippen LogP) is 3.23. The molecule has 15 heteroatoms. The summed E-state index contributed by atoms with van der Waals surface area (Å²) in [7, 11) is -2.71. The average Bonchev–Trinajstić information content (AvgIpc) is 3.57. The Labute approximate surface area is 231 Å². The van der Waals surface area contributed by atoms with Crippen LogP contribution in [0.15, 0.2) is 60.0 Å². The summed E-state index contributed by atoms with van der Waals surface area (Å²) >= 11 is 0. The lowest BCUT2D eigenvalue weighted by Crippen LogP contribution is -2.58. The molecule has 0 radical (unpaired) electrons. The van der Waals surface area contributed by atoms with E-state index >= 15 is 0 Å². The monoisotopic (exact) mass is 589 g/mol. The van der Waals surface area contributed by atoms with Gasteiger partial charge >= 0.3 is 6.18 Å². The van der Waals surface area contributed by atoms with Gasteiger partial charge in [0.05, 0.1) is 29.1 Å². The van der Waals surface area contributed by atoms with Crippen LogP contribution >= 0.6 is 0 Å². The highest BCUT2D eigenvalue weighted by atomic mass is 32.2. The van der Waals surface area contributed by atoms with Crippen molar-refractivity contribution < 1.29 is 30.8 Å². The standard InChI is InChI=1S/C26H23F4N7O3S/c1-35-23(14-32-34-35)41(39,40)36-9-7-17-11-22-16(13-33-37(22)20-4-2-19(27)3-5-20)12-25(17,15-36)24(38)21-10-18(6-8-31-21)26(28,29)30/h2-6,8,10,13-14,17H,7,9,11-12,15H2,1H3/t17-,25-/m0/s1. The molecule has 1 aliphatic carbocycles. The second kappa shape index (κ2) is 9.55. The van der Waals surface area contributed by atoms with E-state index in [2.05, 4.69) is 20.4 Å². The zero-order chi connectivity index (χ0) is 29.2. The molecule has 3 aromatic heterocycles. The zero-order valence-corrected chi connectivity index (χ0v) is 22.4. The highest BCUT2D eigenvalue weighted by Crippen LogP contribution is 2.48. The highest BCUT2D eigenvalue weighted by Gasteiger charge is 2.55. The summed E-state index contributed by atoms with van der Waals surface area (Å²) in [4.78, 5) is 18.2. The SMILES string of the molecule is Cn1nncc1S(=O)(=O)N1CC[C@H]2Cc3c(cnn3-c3ccc(F)cc3)C[C@]2(C(=O)c2cc(C(F)(F)F)ccn2)C1. The molecule has 1 fully saturated rings. The Morgan fingerprint density at radius 3 is 2.56 bits per heavy atom. The molecule has 1 aliphatic heterocycles. The Morgan fingerprint density at radius 1 is 1.12 bits per heavy atom. The van der Waals surface area contributed by atoms with Gasteiger partial charge in [0.1, 0.15) is 11.5 Å². The van der Waals surface area contributed by atoms with Crippen LogP contribution in [-0.4, -0.2) is 61.4 Å². The Balaban J connectivity index is 1.45. The second-order valence-electron chi connectivity index (χ2n) is 10.3. The van der Waals surface area contributed by atoms with E-state index in [-0.39, 0.29) is 36.7 Å². The van der Waals surface area contributed by atoms with Crippen LogP contribution in [-0.2, 0) is 36.1 Å². The van der Waals surface area contributed by atoms with Crippen molar-refractivity contribution in [2.75, 3.05) is 13.1 Å². The summed E-state index contributed by atoms with van der Waals surface area (Å²) in [6.45, 7) is -0.202. The van der Waals surface area contributed by atoms with Gasteiger partial charge in [0, 0.05) is 32.0 Å². The van der Waals surface area contributed by atoms with Crippen molar-refractivity contribution in [3.63, 3.8) is 0 Å². The van der Waals surface area contributed by atoms with Crippen molar-refractivity contribution in [2.24, 2.45) is 18.4 Å². The number of Topliss-reactive ketones (excluding diaryl/α,β-unsaturated/α-hetero) is 1. The van der Waals surface area contributed by atoms with Gasteiger partial charge in [-0.15, -0.1) is 5.10 Å². The summed E-state index contributed by atoms with van der Waals surface area (Å²) in [5.41, 5.74) is -0.805. The third kappa shape index (κ3) is 4.52. The first-order valence-electron chi connectivity index (χ1n) is 12.6. The molecule has 0 saturated carbocycles. The van der Waals surface area contributed by atoms with Crippen molar-refractivity contribution >= 4 is 15.8 Å². The number of rotatable bonds is 5. The van der Waals surface area contributed by atoms with E-state index in [1.54, 1.807) is 23.0 Å². The minimum atomic E-state index is -4.69. The average molecular weight is 590 g/mol. The normalized spacial score (nSPS) is 21.3. The first-order chi connectivity index (χ1) is 19.4. The van der Waals surface area contributed by atoms with Crippen molar-refractivity contribution in [1.29, 1.82) is 0 Å². The van der Waals surface area contributed by atoms with E-state index < -0.39 is 44.7 Å². The van der Waals surface area contributed by atoms with Gasteiger partial charge in [-0.05, 0) is 67.1 Å². The number of aryl methyl sites for hydroxylation is 1. The first kappa shape index (κ1) is 27.2. The molecule has 6 rings (SSSR count). The van der Waals surface area contributed by atoms with Crippen LogP contribution in [0.3, 0.4) is 0 Å². The quantitative estimate of drug-likeness (QED) is 0.259. The van der Waals surface area contributed by atoms with Gasteiger partial charge in [-0.1, -0.05) is 5.21 Å². The lowest BCUT2D eigenvalue weighted by molar-refractivity contribution is -0.137. The van der Waals surface area contributed by atoms with Crippen LogP contribution in [0.4, 0.5) is 17.6 Å². The molecule has 2 atom stereocenters. The van der Waals surface area contributed by atoms with Gasteiger partial charge in [-0.3, -0.25) is 9.78 Å². The molecular weight excluding hydrogens is 566 g/mol. The van der Waals surface area contributed by atoms with Crippen LogP contribution in [0.2, 0.25) is 0 Å². The molecule has 0 bridgehead atoms. The number of pyridine rings is 1. The number of halogens is 4. The maximum atomic E-state index is 14.2. The van der Waals surface area contributed by atoms with Gasteiger partial charge < -0.3 is 0 Å². The van der Waals surface area contributed by atoms with E-state index in [9.17, 15) is 30.8 Å². The fourth-order valence-corrected chi connectivity index (χ4v) is 7.48. The lowest BCUT2D eigenvalue weighted by atomic mass is 9.60. The van der Waals surface area contributed by atoms with E-state index in [4.69, 9.17) is 0 Å². The number of piperidine rings is 1. The number of aromatic nitrogens is 6. The molecule has 0 N–H and O–H groups in total. The molecule has 0 amide bonds. The van der Waals surface area contributed by atoms with Crippen LogP contribution in [0.1, 0.15) is 33.7 Å². The smallest absolute Gasteiger partial charge is 0.292 e. The fraction of sp³-hybridized carbons (Fsp3) is 0.346. The molecule has 214 valence electrons. The molecule has 41 heavy (non-hydrogen) atoms. The second-order valence-corrected chi connectivity index (χ2v) is 12.2. The van der Waals surface area contributed by atoms with Gasteiger partial charge in [-0.2, -0.15) is 22.6 Å². The number of carbonyl (C=O) groups is 1. The molecule has 2 aliphatic rings. The first-order valence-corrected chi connectivity index (χ1v) is 14.1. The third-order valence-electron chi connectivity index (χ3n) is 7.99. The van der Waals surface area contributed by atoms with Crippen LogP contribution in [0.5, 0.6) is 0 Å². The number of ketones is 1. The Morgan fingerprint density at radius 2 is 1.88 bits per heavy atom. The molecule has 4 aromatic rings. The van der Waals surface area contributed by atoms with Gasteiger partial charge in [0.15, 0.2) is 10.8 Å². The van der Waals surface area contributed by atoms with Crippen molar-refractivity contribution in [3.05, 3.63) is 83.3 Å². The minimum absolute atomic E-state index is 0.0284. The van der Waals surface area contributed by atoms with Crippen LogP contribution in [0, 0.1) is 17.2 Å². The number of hydrogen-bond donors (Lipinski definition) is 0. The predicted molar refractivity (Wildman–Crippen MR) is 135 cm³/mol. The molecule has 10 nitrogen and oxygen atoms in total. The summed E-state index contributed by atoms with van der Waals surface area (Å²) in [6.07, 6.45) is -0.513. The maximum Gasteiger partial charge on any atom is 0.416 e. The van der Waals surface area contributed by atoms with Crippen LogP contribution < -0.4 is 0 Å². The summed E-state index contributed by atoms with van der Waals surface area (Å²) < 4.78 is 85.2. The molecule has 1 saturated heterocycles. The maximum absolute atomic E-state index is 14.2. The number of sulfonamides is 1. The minimum Gasteiger partial charge on any atom is -0.292 e. The van der Waals surface area contributed by atoms with E-state index in [0.29, 0.717) is 23.7 Å². The van der Waals surface area contributed by atoms with E-state index in [1.807, 2.05) is 0 Å². The Kier molecular flexibility index (Phi) is 6.33. The molecule has 0 spiro atoms. The zero-order valence-electron chi connectivity index (χ0n) is 21.6. The number of alkyl halides is 3. The summed E-state index contributed by atoms with van der Waals surface area (Å²) in [5, 5.41) is 11.6. The number of fused-ring (bicyclic) bond motifs is 2. The lowest BCUT2D eigenvalue weighted by Gasteiger charge is -2.49. The molecule has 1 aromatic carbocycles. The van der Waals surface area contributed by atoms with Crippen molar-refractivity contribution in [1.82, 2.24) is 34.1 Å². The Hall–Kier alpha value is -3.98. The third-order valence-corrected chi connectivity index (χ3v) is 9.88. The van der Waals surface area contributed by atoms with Gasteiger partial charge in [0.25, 0.3) is 10.0 Å². The Bertz CT molecular complexity index is 1750. The summed E-state index contributed by atoms with van der Waals surface area (Å²) in [6, 6.07) is 7.24. The fourth-order valence-electron chi connectivity index (χ4n) is 5.92. The van der Waals surface area contributed by atoms with Crippen molar-refractivity contribution in [3.8, 4) is 5.69 Å². The number of nitrogens with zero attached hydrogens (tertiary/aromatic N) is 7. The van der Waals surface area contributed by atoms with E-state index in [0.717, 1.165) is 28.8 Å². The van der Waals surface area contributed by atoms with Gasteiger partial charge in [-0.25, -0.2) is 22.2 Å². The number of hydrogen-bond acceptors (Lipinski definition) is 7. The molecule has 0 unspecified atom stereocenters. The topological polar surface area (TPSA) is 116 Å². The van der Waals surface area contributed by atoms with E-state index in [1.165, 1.54) is 23.5 Å². The van der Waals surface area contributed by atoms with Gasteiger partial charge in [0.2, 0.25) is 0 Å². The molecule has 4 heterocycles. The van der Waals surface area contributed by atoms with Crippen LogP contribution in [0.25, 0.3) is 5.69 Å². The summed E-state index contributed by atoms with van der Waals surface area (Å²) in [5.74, 6) is -1.52. The number of benzene rings is 1. The molecular formula is C26H23F4N7O3S. The number of carbonyl (C=O) groups excluding carboxylic acids is 1. The highest BCUT2D eigenvalue weighted by molar-refractivity contribution is 7.89. The van der Waals surface area contributed by atoms with Crippen molar-refractivity contribution in [2.45, 2.75) is 30.5 Å². The largest absolute Gasteiger partial charge is 0.416 e.